The first kappa shape index (κ1) is 30.9. The molecule has 2 aromatic rings. The quantitative estimate of drug-likeness (QED) is 0.493. The number of benzene rings is 1. The number of aromatic nitrogens is 2. The second-order valence-electron chi connectivity index (χ2n) is 13.9. The number of nitrogens with one attached hydrogen (secondary N) is 2. The number of imide groups is 1. The highest BCUT2D eigenvalue weighted by molar-refractivity contribution is 6.09. The van der Waals surface area contributed by atoms with E-state index in [2.05, 4.69) is 15.7 Å². The molecule has 4 aliphatic heterocycles. The fraction of sp³-hybridized carbons (Fsp3) is 0.633. The van der Waals surface area contributed by atoms with Crippen LogP contribution < -0.4 is 20.4 Å². The highest BCUT2D eigenvalue weighted by Gasteiger charge is 2.50. The highest BCUT2D eigenvalue weighted by atomic mass is 19.1. The van der Waals surface area contributed by atoms with Crippen molar-refractivity contribution in [1.82, 2.24) is 30.2 Å². The summed E-state index contributed by atoms with van der Waals surface area (Å²) < 4.78 is 28.7. The average molecular weight is 629 g/mol. The maximum atomic E-state index is 15.5. The van der Waals surface area contributed by atoms with E-state index in [1.54, 1.807) is 41.4 Å². The normalized spacial score (nSPS) is 20.2. The summed E-state index contributed by atoms with van der Waals surface area (Å²) in [4.78, 5) is 56.3. The lowest BCUT2D eigenvalue weighted by Crippen LogP contribution is -2.72. The molecule has 244 valence electrons. The Hall–Kier alpha value is -4.14. The number of rotatable bonds is 6. The van der Waals surface area contributed by atoms with Gasteiger partial charge in [-0.3, -0.25) is 19.7 Å². The monoisotopic (exact) mass is 628 g/mol. The molecule has 2 N–H and O–H groups in total. The van der Waals surface area contributed by atoms with Crippen molar-refractivity contribution >= 4 is 46.5 Å². The number of hydrogen-bond donors (Lipinski definition) is 2. The number of fused-ring (bicyclic) bond motifs is 1. The van der Waals surface area contributed by atoms with Crippen LogP contribution in [0.25, 0.3) is 10.9 Å². The fourth-order valence-corrected chi connectivity index (χ4v) is 6.88. The van der Waals surface area contributed by atoms with Gasteiger partial charge in [-0.1, -0.05) is 0 Å². The van der Waals surface area contributed by atoms with Gasteiger partial charge in [-0.05, 0) is 39.8 Å². The Morgan fingerprint density at radius 2 is 1.58 bits per heavy atom. The molecule has 15 heteroatoms. The van der Waals surface area contributed by atoms with Gasteiger partial charge in [0.05, 0.1) is 11.2 Å². The molecular weight excluding hydrogens is 587 g/mol. The first-order valence-electron chi connectivity index (χ1n) is 15.3. The molecule has 4 saturated heterocycles. The van der Waals surface area contributed by atoms with E-state index in [9.17, 15) is 19.2 Å². The zero-order chi connectivity index (χ0) is 32.3. The summed E-state index contributed by atoms with van der Waals surface area (Å²) in [6.07, 6.45) is -0.381. The number of hydrogen-bond acceptors (Lipinski definition) is 9. The number of aryl methyl sites for hydroxylation is 1. The standard InChI is InChI=1S/C30H41FN8O6/c1-28(2,14-29(3,4)45-27(43)38-17-30(18-38)15-32-16-30)44-26(42)37-10-8-36(9-11-37)22-13-21-19(12-20(22)31)24(34-35(21)5)39-7-6-23(40)33-25(39)41/h12-13,32H,6-11,14-18H2,1-5H3,(H,33,40,41). The number of carbonyl (C=O) groups excluding carboxylic acids is 4. The molecule has 4 fully saturated rings. The number of piperazine rings is 1. The summed E-state index contributed by atoms with van der Waals surface area (Å²) >= 11 is 0. The lowest BCUT2D eigenvalue weighted by Gasteiger charge is -2.55. The Morgan fingerprint density at radius 3 is 2.16 bits per heavy atom. The van der Waals surface area contributed by atoms with Gasteiger partial charge >= 0.3 is 18.2 Å². The Bertz CT molecular complexity index is 1540. The third-order valence-corrected chi connectivity index (χ3v) is 8.98. The third kappa shape index (κ3) is 6.09. The second-order valence-corrected chi connectivity index (χ2v) is 13.9. The Kier molecular flexibility index (Phi) is 7.57. The first-order valence-corrected chi connectivity index (χ1v) is 15.3. The molecule has 0 aliphatic carbocycles. The van der Waals surface area contributed by atoms with Crippen molar-refractivity contribution < 1.29 is 33.0 Å². The maximum absolute atomic E-state index is 15.5. The molecule has 1 aromatic heterocycles. The SMILES string of the molecule is Cn1nc(N2CCC(=O)NC2=O)c2cc(F)c(N3CCN(C(=O)OC(C)(C)CC(C)(C)OC(=O)N4CC5(CNC5)C4)CC3)cc21. The zero-order valence-electron chi connectivity index (χ0n) is 26.4. The van der Waals surface area contributed by atoms with E-state index < -0.39 is 29.1 Å². The number of carbonyl (C=O) groups is 4. The van der Waals surface area contributed by atoms with Crippen LogP contribution in [0.15, 0.2) is 12.1 Å². The molecule has 0 unspecified atom stereocenters. The molecule has 14 nitrogen and oxygen atoms in total. The van der Waals surface area contributed by atoms with Crippen molar-refractivity contribution in [3.05, 3.63) is 17.9 Å². The summed E-state index contributed by atoms with van der Waals surface area (Å²) in [6, 6.07) is 2.47. The van der Waals surface area contributed by atoms with Gasteiger partial charge in [0.2, 0.25) is 5.91 Å². The van der Waals surface area contributed by atoms with Crippen molar-refractivity contribution in [2.75, 3.05) is 68.7 Å². The van der Waals surface area contributed by atoms with Gasteiger partial charge in [-0.2, -0.15) is 5.10 Å². The predicted molar refractivity (Wildman–Crippen MR) is 163 cm³/mol. The molecule has 0 saturated carbocycles. The van der Waals surface area contributed by atoms with Crippen LogP contribution in [0.2, 0.25) is 0 Å². The van der Waals surface area contributed by atoms with Crippen LogP contribution in [0.1, 0.15) is 40.5 Å². The molecule has 5 heterocycles. The number of halogens is 1. The minimum atomic E-state index is -0.904. The molecular formula is C30H41FN8O6. The van der Waals surface area contributed by atoms with Crippen LogP contribution in [0, 0.1) is 11.2 Å². The number of anilines is 2. The maximum Gasteiger partial charge on any atom is 0.410 e. The van der Waals surface area contributed by atoms with Crippen molar-refractivity contribution in [3.63, 3.8) is 0 Å². The summed E-state index contributed by atoms with van der Waals surface area (Å²) in [5.41, 5.74) is -0.546. The Balaban J connectivity index is 1.04. The van der Waals surface area contributed by atoms with Crippen LogP contribution in [0.5, 0.6) is 0 Å². The number of urea groups is 1. The van der Waals surface area contributed by atoms with E-state index in [0.29, 0.717) is 62.3 Å². The summed E-state index contributed by atoms with van der Waals surface area (Å²) in [7, 11) is 1.71. The van der Waals surface area contributed by atoms with Crippen LogP contribution in [0.4, 0.5) is 30.3 Å². The van der Waals surface area contributed by atoms with E-state index in [-0.39, 0.29) is 36.2 Å². The molecule has 0 atom stereocenters. The van der Waals surface area contributed by atoms with Gasteiger partial charge in [0, 0.05) is 89.6 Å². The summed E-state index contributed by atoms with van der Waals surface area (Å²) in [5.74, 6) is -0.545. The van der Waals surface area contributed by atoms with Gasteiger partial charge in [0.1, 0.15) is 17.0 Å². The van der Waals surface area contributed by atoms with Crippen molar-refractivity contribution in [1.29, 1.82) is 0 Å². The minimum Gasteiger partial charge on any atom is -0.443 e. The van der Waals surface area contributed by atoms with Gasteiger partial charge < -0.3 is 29.5 Å². The van der Waals surface area contributed by atoms with E-state index in [4.69, 9.17) is 9.47 Å². The molecule has 0 radical (unpaired) electrons. The smallest absolute Gasteiger partial charge is 0.410 e. The summed E-state index contributed by atoms with van der Waals surface area (Å²) in [5, 5.41) is 10.4. The van der Waals surface area contributed by atoms with Crippen LogP contribution in [-0.4, -0.2) is 114 Å². The molecule has 0 bridgehead atoms. The number of likely N-dealkylation sites (tertiary alicyclic amines) is 1. The number of amides is 5. The van der Waals surface area contributed by atoms with E-state index in [1.165, 1.54) is 11.0 Å². The number of nitrogens with zero attached hydrogens (tertiary/aromatic N) is 6. The lowest BCUT2D eigenvalue weighted by atomic mass is 9.75. The topological polar surface area (TPSA) is 142 Å². The Labute approximate surface area is 260 Å². The predicted octanol–water partition coefficient (Wildman–Crippen LogP) is 2.41. The molecule has 5 amide bonds. The van der Waals surface area contributed by atoms with E-state index >= 15 is 4.39 Å². The minimum absolute atomic E-state index is 0.136. The summed E-state index contributed by atoms with van der Waals surface area (Å²) in [6.45, 7) is 12.1. The molecule has 1 spiro atoms. The molecule has 4 aliphatic rings. The first-order chi connectivity index (χ1) is 21.1. The van der Waals surface area contributed by atoms with E-state index in [0.717, 1.165) is 13.1 Å². The van der Waals surface area contributed by atoms with Gasteiger partial charge in [0.15, 0.2) is 5.82 Å². The average Bonchev–Trinajstić information content (AvgIpc) is 3.20. The van der Waals surface area contributed by atoms with Crippen molar-refractivity contribution in [2.24, 2.45) is 12.5 Å². The van der Waals surface area contributed by atoms with E-state index in [1.807, 2.05) is 18.7 Å². The Morgan fingerprint density at radius 1 is 0.956 bits per heavy atom. The lowest BCUT2D eigenvalue weighted by molar-refractivity contribution is -0.120. The highest BCUT2D eigenvalue weighted by Crippen LogP contribution is 2.36. The molecule has 45 heavy (non-hydrogen) atoms. The van der Waals surface area contributed by atoms with Crippen molar-refractivity contribution in [3.8, 4) is 0 Å². The second kappa shape index (κ2) is 11.0. The van der Waals surface area contributed by atoms with Gasteiger partial charge in [-0.25, -0.2) is 18.8 Å². The van der Waals surface area contributed by atoms with Crippen LogP contribution >= 0.6 is 0 Å². The van der Waals surface area contributed by atoms with Gasteiger partial charge in [-0.15, -0.1) is 0 Å². The largest absolute Gasteiger partial charge is 0.443 e. The van der Waals surface area contributed by atoms with Crippen molar-refractivity contribution in [2.45, 2.75) is 51.7 Å². The van der Waals surface area contributed by atoms with Crippen LogP contribution in [0.3, 0.4) is 0 Å². The number of ether oxygens (including phenoxy) is 2. The molecule has 1 aromatic carbocycles. The fourth-order valence-electron chi connectivity index (χ4n) is 6.88. The zero-order valence-corrected chi connectivity index (χ0v) is 26.4. The van der Waals surface area contributed by atoms with Gasteiger partial charge in [0.25, 0.3) is 0 Å². The molecule has 6 rings (SSSR count). The third-order valence-electron chi connectivity index (χ3n) is 8.98. The van der Waals surface area contributed by atoms with Crippen LogP contribution in [-0.2, 0) is 21.3 Å².